The second kappa shape index (κ2) is 8.09. The minimum absolute atomic E-state index is 0.265. The summed E-state index contributed by atoms with van der Waals surface area (Å²) in [4.78, 5) is 27.5. The van der Waals surface area contributed by atoms with E-state index in [9.17, 15) is 9.59 Å². The van der Waals surface area contributed by atoms with Gasteiger partial charge in [-0.2, -0.15) is 0 Å². The lowest BCUT2D eigenvalue weighted by atomic mass is 10.1. The van der Waals surface area contributed by atoms with E-state index in [-0.39, 0.29) is 12.5 Å². The van der Waals surface area contributed by atoms with Gasteiger partial charge in [0, 0.05) is 18.6 Å². The number of nitrogens with one attached hydrogen (secondary N) is 1. The van der Waals surface area contributed by atoms with Crippen molar-refractivity contribution in [3.05, 3.63) is 35.4 Å². The Morgan fingerprint density at radius 2 is 2.24 bits per heavy atom. The summed E-state index contributed by atoms with van der Waals surface area (Å²) in [6, 6.07) is 7.27. The van der Waals surface area contributed by atoms with Crippen molar-refractivity contribution >= 4 is 39.8 Å². The highest BCUT2D eigenvalue weighted by Gasteiger charge is 2.15. The van der Waals surface area contributed by atoms with Gasteiger partial charge in [0.05, 0.1) is 12.1 Å². The first-order valence-electron chi connectivity index (χ1n) is 6.46. The van der Waals surface area contributed by atoms with Gasteiger partial charge in [-0.1, -0.05) is 41.7 Å². The Morgan fingerprint density at radius 3 is 2.95 bits per heavy atom. The molecule has 21 heavy (non-hydrogen) atoms. The van der Waals surface area contributed by atoms with Crippen LogP contribution in [0, 0.1) is 0 Å². The average molecular weight is 324 g/mol. The fourth-order valence-electron chi connectivity index (χ4n) is 1.67. The molecule has 1 aliphatic rings. The van der Waals surface area contributed by atoms with Crippen molar-refractivity contribution in [1.82, 2.24) is 5.32 Å². The number of amides is 1. The molecule has 0 unspecified atom stereocenters. The van der Waals surface area contributed by atoms with E-state index in [1.165, 1.54) is 7.05 Å². The van der Waals surface area contributed by atoms with Gasteiger partial charge in [-0.25, -0.2) is 4.79 Å². The molecule has 1 amide bonds. The Bertz CT molecular complexity index is 561. The molecular weight excluding hydrogens is 308 g/mol. The molecule has 0 saturated carbocycles. The number of rotatable bonds is 5. The van der Waals surface area contributed by atoms with Crippen LogP contribution in [0.1, 0.15) is 15.9 Å². The summed E-state index contributed by atoms with van der Waals surface area (Å²) in [6.45, 7) is 0.599. The van der Waals surface area contributed by atoms with Crippen molar-refractivity contribution in [3.8, 4) is 0 Å². The molecule has 1 aromatic carbocycles. The molecule has 1 N–H and O–H groups in total. The number of nitrogens with zero attached hydrogens (tertiary/aromatic N) is 1. The number of aliphatic imine (C=N–C) groups is 1. The molecule has 5 nitrogen and oxygen atoms in total. The van der Waals surface area contributed by atoms with E-state index >= 15 is 0 Å². The summed E-state index contributed by atoms with van der Waals surface area (Å²) in [5, 5.41) is 2.41. The number of esters is 1. The highest BCUT2D eigenvalue weighted by Crippen LogP contribution is 2.26. The molecule has 1 heterocycles. The third-order valence-corrected chi connectivity index (χ3v) is 5.06. The number of hydrogen-bond acceptors (Lipinski definition) is 6. The van der Waals surface area contributed by atoms with E-state index in [1.807, 2.05) is 12.1 Å². The van der Waals surface area contributed by atoms with E-state index < -0.39 is 5.97 Å². The molecule has 0 atom stereocenters. The van der Waals surface area contributed by atoms with Gasteiger partial charge in [0.25, 0.3) is 5.91 Å². The fourth-order valence-corrected chi connectivity index (χ4v) is 3.68. The predicted octanol–water partition coefficient (Wildman–Crippen LogP) is 1.93. The zero-order valence-corrected chi connectivity index (χ0v) is 13.3. The predicted molar refractivity (Wildman–Crippen MR) is 86.8 cm³/mol. The van der Waals surface area contributed by atoms with Crippen LogP contribution in [0.25, 0.3) is 0 Å². The van der Waals surface area contributed by atoms with E-state index in [0.29, 0.717) is 11.3 Å². The maximum atomic E-state index is 12.0. The number of carbonyl (C=O) groups excluding carboxylic acids is 2. The molecule has 0 bridgehead atoms. The Labute approximate surface area is 131 Å². The Balaban J connectivity index is 1.98. The van der Waals surface area contributed by atoms with Gasteiger partial charge in [-0.3, -0.25) is 9.79 Å². The van der Waals surface area contributed by atoms with Crippen LogP contribution in [0.4, 0.5) is 0 Å². The molecule has 7 heteroatoms. The normalized spacial score (nSPS) is 13.7. The molecule has 2 rings (SSSR count). The zero-order valence-electron chi connectivity index (χ0n) is 11.6. The van der Waals surface area contributed by atoms with E-state index in [1.54, 1.807) is 35.7 Å². The van der Waals surface area contributed by atoms with Crippen LogP contribution < -0.4 is 5.32 Å². The van der Waals surface area contributed by atoms with Crippen molar-refractivity contribution in [3.63, 3.8) is 0 Å². The highest BCUT2D eigenvalue weighted by molar-refractivity contribution is 8.38. The molecule has 1 aliphatic heterocycles. The van der Waals surface area contributed by atoms with Crippen LogP contribution in [-0.2, 0) is 15.3 Å². The van der Waals surface area contributed by atoms with E-state index in [4.69, 9.17) is 4.74 Å². The quantitative estimate of drug-likeness (QED) is 0.838. The number of likely N-dealkylation sites (N-methyl/N-ethyl adjacent to an activating group) is 1. The summed E-state index contributed by atoms with van der Waals surface area (Å²) < 4.78 is 6.06. The van der Waals surface area contributed by atoms with Crippen molar-refractivity contribution in [2.45, 2.75) is 5.75 Å². The van der Waals surface area contributed by atoms with Crippen LogP contribution >= 0.6 is 23.5 Å². The number of benzene rings is 1. The van der Waals surface area contributed by atoms with Crippen molar-refractivity contribution in [2.75, 3.05) is 26.0 Å². The maximum absolute atomic E-state index is 12.0. The Hall–Kier alpha value is -1.47. The summed E-state index contributed by atoms with van der Waals surface area (Å²) in [5.41, 5.74) is 1.39. The molecule has 0 fully saturated rings. The molecule has 0 radical (unpaired) electrons. The second-order valence-corrected chi connectivity index (χ2v) is 6.50. The summed E-state index contributed by atoms with van der Waals surface area (Å²) in [6.07, 6.45) is 0. The molecule has 0 aliphatic carbocycles. The zero-order chi connectivity index (χ0) is 15.1. The lowest BCUT2D eigenvalue weighted by Crippen LogP contribution is -2.25. The number of hydrogen-bond donors (Lipinski definition) is 1. The topological polar surface area (TPSA) is 67.8 Å². The third kappa shape index (κ3) is 4.78. The van der Waals surface area contributed by atoms with Crippen molar-refractivity contribution in [1.29, 1.82) is 0 Å². The van der Waals surface area contributed by atoms with Gasteiger partial charge in [0.2, 0.25) is 0 Å². The highest BCUT2D eigenvalue weighted by atomic mass is 32.2. The number of thioether (sulfide) groups is 2. The van der Waals surface area contributed by atoms with Gasteiger partial charge < -0.3 is 10.1 Å². The molecule has 112 valence electrons. The summed E-state index contributed by atoms with van der Waals surface area (Å²) in [7, 11) is 1.50. The lowest BCUT2D eigenvalue weighted by Gasteiger charge is -2.09. The monoisotopic (exact) mass is 324 g/mol. The van der Waals surface area contributed by atoms with Crippen molar-refractivity contribution < 1.29 is 14.3 Å². The number of ether oxygens (including phenoxy) is 1. The Morgan fingerprint density at radius 1 is 1.43 bits per heavy atom. The van der Waals surface area contributed by atoms with Gasteiger partial charge in [0.1, 0.15) is 4.38 Å². The second-order valence-electron chi connectivity index (χ2n) is 4.19. The molecule has 0 saturated heterocycles. The summed E-state index contributed by atoms with van der Waals surface area (Å²) >= 11 is 3.36. The van der Waals surface area contributed by atoms with Gasteiger partial charge in [0.15, 0.2) is 6.61 Å². The van der Waals surface area contributed by atoms with E-state index in [0.717, 1.165) is 22.2 Å². The standard InChI is InChI=1S/C14H16N2O3S2/c1-15-12(17)8-19-13(18)11-5-3-2-4-10(11)9-21-14-16-6-7-20-14/h2-5H,6-9H2,1H3,(H,15,17). The van der Waals surface area contributed by atoms with Gasteiger partial charge in [-0.15, -0.1) is 0 Å². The first-order chi connectivity index (χ1) is 10.2. The van der Waals surface area contributed by atoms with Crippen LogP contribution in [0.15, 0.2) is 29.3 Å². The average Bonchev–Trinajstić information content (AvgIpc) is 3.04. The Kier molecular flexibility index (Phi) is 6.13. The number of carbonyl (C=O) groups is 2. The van der Waals surface area contributed by atoms with E-state index in [2.05, 4.69) is 10.3 Å². The molecule has 1 aromatic rings. The van der Waals surface area contributed by atoms with Gasteiger partial charge in [-0.05, 0) is 11.6 Å². The van der Waals surface area contributed by atoms with Crippen LogP contribution in [-0.4, -0.2) is 42.2 Å². The maximum Gasteiger partial charge on any atom is 0.338 e. The van der Waals surface area contributed by atoms with Crippen molar-refractivity contribution in [2.24, 2.45) is 4.99 Å². The van der Waals surface area contributed by atoms with Crippen LogP contribution in [0.3, 0.4) is 0 Å². The minimum atomic E-state index is -0.476. The third-order valence-electron chi connectivity index (χ3n) is 2.76. The largest absolute Gasteiger partial charge is 0.452 e. The molecule has 0 spiro atoms. The fraction of sp³-hybridized carbons (Fsp3) is 0.357. The molecular formula is C14H16N2O3S2. The van der Waals surface area contributed by atoms with Crippen LogP contribution in [0.2, 0.25) is 0 Å². The van der Waals surface area contributed by atoms with Crippen LogP contribution in [0.5, 0.6) is 0 Å². The first kappa shape index (κ1) is 15.9. The SMILES string of the molecule is CNC(=O)COC(=O)c1ccccc1CSC1=NCCS1. The minimum Gasteiger partial charge on any atom is -0.452 e. The van der Waals surface area contributed by atoms with Gasteiger partial charge >= 0.3 is 5.97 Å². The smallest absolute Gasteiger partial charge is 0.338 e. The summed E-state index contributed by atoms with van der Waals surface area (Å²) in [5.74, 6) is 0.887. The first-order valence-corrected chi connectivity index (χ1v) is 8.43. The lowest BCUT2D eigenvalue weighted by molar-refractivity contribution is -0.123. The molecule has 0 aromatic heterocycles.